The third-order valence-corrected chi connectivity index (χ3v) is 1.49. The van der Waals surface area contributed by atoms with Crippen LogP contribution >= 0.6 is 0 Å². The molecule has 0 amide bonds. The topological polar surface area (TPSA) is 38.0 Å². The Bertz CT molecular complexity index is 148. The fraction of sp³-hybridized carbons (Fsp3) is 0.667. The van der Waals surface area contributed by atoms with Gasteiger partial charge in [-0.25, -0.2) is 0 Å². The molecule has 1 heterocycles. The minimum Gasteiger partial charge on any atom is -0.313 e. The molecule has 0 aromatic carbocycles. The van der Waals surface area contributed by atoms with E-state index in [0.29, 0.717) is 19.5 Å². The van der Waals surface area contributed by atoms with Crippen LogP contribution in [-0.2, 0) is 0 Å². The molecule has 0 aliphatic carbocycles. The number of hydrogen-bond donors (Lipinski definition) is 2. The lowest BCUT2D eigenvalue weighted by Crippen LogP contribution is -2.35. The van der Waals surface area contributed by atoms with Crippen LogP contribution in [0.15, 0.2) is 11.6 Å². The maximum Gasteiger partial charge on any atom is 0.323 e. The summed E-state index contributed by atoms with van der Waals surface area (Å²) in [5.74, 6) is 0. The van der Waals surface area contributed by atoms with E-state index in [4.69, 9.17) is 0 Å². The average molecular weight is 148 g/mol. The maximum absolute atomic E-state index is 12.3. The van der Waals surface area contributed by atoms with Crippen molar-refractivity contribution in [3.05, 3.63) is 11.6 Å². The normalized spacial score (nSPS) is 20.5. The van der Waals surface area contributed by atoms with Crippen molar-refractivity contribution in [1.82, 2.24) is 5.32 Å². The maximum atomic E-state index is 12.3. The highest BCUT2D eigenvalue weighted by molar-refractivity contribution is 5.13. The van der Waals surface area contributed by atoms with E-state index in [-0.39, 0.29) is 5.57 Å². The Balaban J connectivity index is 2.62. The third-order valence-electron chi connectivity index (χ3n) is 1.49. The van der Waals surface area contributed by atoms with Crippen LogP contribution < -0.4 is 11.1 Å². The second-order valence-corrected chi connectivity index (χ2v) is 2.31. The summed E-state index contributed by atoms with van der Waals surface area (Å²) >= 11 is 0. The number of halogens is 2. The van der Waals surface area contributed by atoms with E-state index in [9.17, 15) is 8.78 Å². The molecular formula is C6H10F2N2. The Morgan fingerprint density at radius 3 is 2.60 bits per heavy atom. The van der Waals surface area contributed by atoms with Gasteiger partial charge in [0, 0.05) is 12.1 Å². The molecule has 0 aromatic rings. The van der Waals surface area contributed by atoms with Gasteiger partial charge < -0.3 is 5.32 Å². The smallest absolute Gasteiger partial charge is 0.313 e. The Morgan fingerprint density at radius 1 is 1.60 bits per heavy atom. The Kier molecular flexibility index (Phi) is 2.01. The average Bonchev–Trinajstić information content (AvgIpc) is 1.88. The third kappa shape index (κ3) is 1.75. The SMILES string of the molecule is NC(F)(F)C1=CCNCC1. The summed E-state index contributed by atoms with van der Waals surface area (Å²) in [6.07, 6.45) is 1.80. The van der Waals surface area contributed by atoms with Crippen molar-refractivity contribution in [2.45, 2.75) is 12.5 Å². The molecular weight excluding hydrogens is 138 g/mol. The molecule has 0 spiro atoms. The molecule has 0 fully saturated rings. The van der Waals surface area contributed by atoms with E-state index >= 15 is 0 Å². The molecule has 0 saturated heterocycles. The monoisotopic (exact) mass is 148 g/mol. The van der Waals surface area contributed by atoms with Gasteiger partial charge in [0.05, 0.1) is 0 Å². The van der Waals surface area contributed by atoms with Crippen LogP contribution in [0.4, 0.5) is 8.78 Å². The van der Waals surface area contributed by atoms with Crippen LogP contribution in [0.3, 0.4) is 0 Å². The van der Waals surface area contributed by atoms with Gasteiger partial charge in [-0.15, -0.1) is 0 Å². The molecule has 0 atom stereocenters. The minimum absolute atomic E-state index is 0.0475. The zero-order chi connectivity index (χ0) is 7.61. The standard InChI is InChI=1S/C6H10F2N2/c7-6(8,9)5-1-3-10-4-2-5/h1,10H,2-4,9H2. The molecule has 2 nitrogen and oxygen atoms in total. The first-order chi connectivity index (χ1) is 4.61. The summed E-state index contributed by atoms with van der Waals surface area (Å²) in [5.41, 5.74) is 4.63. The molecule has 0 aromatic heterocycles. The molecule has 0 bridgehead atoms. The van der Waals surface area contributed by atoms with Gasteiger partial charge in [0.1, 0.15) is 0 Å². The van der Waals surface area contributed by atoms with Gasteiger partial charge in [-0.1, -0.05) is 6.08 Å². The van der Waals surface area contributed by atoms with E-state index < -0.39 is 6.05 Å². The van der Waals surface area contributed by atoms with Crippen LogP contribution in [0.2, 0.25) is 0 Å². The number of alkyl halides is 2. The van der Waals surface area contributed by atoms with Crippen molar-refractivity contribution < 1.29 is 8.78 Å². The van der Waals surface area contributed by atoms with E-state index in [0.717, 1.165) is 0 Å². The number of hydrogen-bond acceptors (Lipinski definition) is 2. The van der Waals surface area contributed by atoms with Crippen molar-refractivity contribution in [2.24, 2.45) is 5.73 Å². The van der Waals surface area contributed by atoms with Crippen LogP contribution in [0.5, 0.6) is 0 Å². The zero-order valence-corrected chi connectivity index (χ0v) is 5.53. The van der Waals surface area contributed by atoms with Crippen LogP contribution in [0, 0.1) is 0 Å². The Hall–Kier alpha value is -0.480. The predicted octanol–water partition coefficient (Wildman–Crippen LogP) is 0.458. The molecule has 1 aliphatic rings. The highest BCUT2D eigenvalue weighted by atomic mass is 19.3. The van der Waals surface area contributed by atoms with Crippen LogP contribution in [0.1, 0.15) is 6.42 Å². The zero-order valence-electron chi connectivity index (χ0n) is 5.53. The Labute approximate surface area is 58.1 Å². The largest absolute Gasteiger partial charge is 0.323 e. The summed E-state index contributed by atoms with van der Waals surface area (Å²) in [6.45, 7) is 1.10. The number of rotatable bonds is 1. The van der Waals surface area contributed by atoms with E-state index in [1.807, 2.05) is 0 Å². The summed E-state index contributed by atoms with van der Waals surface area (Å²) in [4.78, 5) is 0. The molecule has 1 aliphatic heterocycles. The van der Waals surface area contributed by atoms with Crippen LogP contribution in [-0.4, -0.2) is 19.1 Å². The molecule has 1 rings (SSSR count). The van der Waals surface area contributed by atoms with Gasteiger partial charge in [0.2, 0.25) is 0 Å². The second kappa shape index (κ2) is 2.64. The highest BCUT2D eigenvalue weighted by Crippen LogP contribution is 2.21. The van der Waals surface area contributed by atoms with Crippen molar-refractivity contribution in [3.63, 3.8) is 0 Å². The molecule has 3 N–H and O–H groups in total. The molecule has 10 heavy (non-hydrogen) atoms. The first-order valence-corrected chi connectivity index (χ1v) is 3.17. The highest BCUT2D eigenvalue weighted by Gasteiger charge is 2.28. The quantitative estimate of drug-likeness (QED) is 0.418. The van der Waals surface area contributed by atoms with Gasteiger partial charge in [0.25, 0.3) is 0 Å². The first kappa shape index (κ1) is 7.63. The molecule has 58 valence electrons. The van der Waals surface area contributed by atoms with Crippen molar-refractivity contribution in [1.29, 1.82) is 0 Å². The number of nitrogens with one attached hydrogen (secondary N) is 1. The molecule has 0 unspecified atom stereocenters. The molecule has 4 heteroatoms. The van der Waals surface area contributed by atoms with Gasteiger partial charge in [-0.2, -0.15) is 8.78 Å². The fourth-order valence-corrected chi connectivity index (χ4v) is 0.925. The second-order valence-electron chi connectivity index (χ2n) is 2.31. The van der Waals surface area contributed by atoms with Gasteiger partial charge in [-0.3, -0.25) is 5.73 Å². The Morgan fingerprint density at radius 2 is 2.30 bits per heavy atom. The van der Waals surface area contributed by atoms with Crippen molar-refractivity contribution in [3.8, 4) is 0 Å². The lowest BCUT2D eigenvalue weighted by Gasteiger charge is -2.18. The summed E-state index contributed by atoms with van der Waals surface area (Å²) in [7, 11) is 0. The summed E-state index contributed by atoms with van der Waals surface area (Å²) in [6, 6.07) is -3.11. The lowest BCUT2D eigenvalue weighted by atomic mass is 10.1. The lowest BCUT2D eigenvalue weighted by molar-refractivity contribution is 0.0443. The minimum atomic E-state index is -3.11. The van der Waals surface area contributed by atoms with Crippen LogP contribution in [0.25, 0.3) is 0 Å². The van der Waals surface area contributed by atoms with E-state index in [1.54, 1.807) is 0 Å². The predicted molar refractivity (Wildman–Crippen MR) is 34.7 cm³/mol. The van der Waals surface area contributed by atoms with E-state index in [1.165, 1.54) is 6.08 Å². The van der Waals surface area contributed by atoms with Gasteiger partial charge in [-0.05, 0) is 13.0 Å². The van der Waals surface area contributed by atoms with Crippen molar-refractivity contribution >= 4 is 0 Å². The molecule has 0 saturated carbocycles. The molecule has 0 radical (unpaired) electrons. The summed E-state index contributed by atoms with van der Waals surface area (Å²) < 4.78 is 24.6. The van der Waals surface area contributed by atoms with Gasteiger partial charge >= 0.3 is 6.05 Å². The summed E-state index contributed by atoms with van der Waals surface area (Å²) in [5, 5.41) is 2.92. The first-order valence-electron chi connectivity index (χ1n) is 3.17. The fourth-order valence-electron chi connectivity index (χ4n) is 0.925. The van der Waals surface area contributed by atoms with Gasteiger partial charge in [0.15, 0.2) is 0 Å². The number of nitrogens with two attached hydrogens (primary N) is 1. The van der Waals surface area contributed by atoms with Crippen molar-refractivity contribution in [2.75, 3.05) is 13.1 Å². The van der Waals surface area contributed by atoms with E-state index in [2.05, 4.69) is 11.1 Å².